The number of hydrogen-bond acceptors (Lipinski definition) is 7. The van der Waals surface area contributed by atoms with E-state index in [1.54, 1.807) is 0 Å². The van der Waals surface area contributed by atoms with Gasteiger partial charge >= 0.3 is 11.9 Å². The minimum Gasteiger partial charge on any atom is -0.390 e. The first-order valence-corrected chi connectivity index (χ1v) is 5.44. The lowest BCUT2D eigenvalue weighted by atomic mass is 9.93. The molecule has 0 aliphatic heterocycles. The van der Waals surface area contributed by atoms with Gasteiger partial charge in [0.05, 0.1) is 11.2 Å². The van der Waals surface area contributed by atoms with Gasteiger partial charge in [-0.3, -0.25) is 0 Å². The van der Waals surface area contributed by atoms with Crippen molar-refractivity contribution in [3.8, 4) is 0 Å². The predicted octanol–water partition coefficient (Wildman–Crippen LogP) is 0.570. The van der Waals surface area contributed by atoms with Gasteiger partial charge in [-0.05, 0) is 29.1 Å². The van der Waals surface area contributed by atoms with Crippen molar-refractivity contribution in [3.05, 3.63) is 20.2 Å². The lowest BCUT2D eigenvalue weighted by Gasteiger charge is -2.23. The van der Waals surface area contributed by atoms with Crippen LogP contribution in [0.5, 0.6) is 0 Å². The first kappa shape index (κ1) is 12.4. The molecule has 2 atom stereocenters. The van der Waals surface area contributed by atoms with Gasteiger partial charge in [-0.1, -0.05) is 11.1 Å². The summed E-state index contributed by atoms with van der Waals surface area (Å²) in [4.78, 5) is 22.9. The van der Waals surface area contributed by atoms with Crippen LogP contribution in [0, 0.1) is 20.2 Å². The second kappa shape index (κ2) is 4.64. The molecule has 1 fully saturated rings. The molecule has 0 unspecified atom stereocenters. The van der Waals surface area contributed by atoms with Crippen LogP contribution < -0.4 is 0 Å². The Morgan fingerprint density at radius 1 is 1.22 bits per heavy atom. The molecule has 98 valence electrons. The number of aliphatic hydroxyl groups excluding tert-OH is 1. The molecule has 1 aromatic rings. The highest BCUT2D eigenvalue weighted by atomic mass is 16.6. The molecule has 10 heteroatoms. The Labute approximate surface area is 101 Å². The summed E-state index contributed by atoms with van der Waals surface area (Å²) in [6.07, 6.45) is 1.80. The van der Waals surface area contributed by atoms with Gasteiger partial charge < -0.3 is 25.3 Å². The number of nitro groups is 2. The molecule has 2 rings (SSSR count). The van der Waals surface area contributed by atoms with Gasteiger partial charge in [0.1, 0.15) is 6.04 Å². The van der Waals surface area contributed by atoms with E-state index in [0.29, 0.717) is 12.8 Å². The van der Waals surface area contributed by atoms with Gasteiger partial charge in [0.25, 0.3) is 0 Å². The Balaban J connectivity index is 2.41. The summed E-state index contributed by atoms with van der Waals surface area (Å²) in [6.45, 7) is 0. The Bertz CT molecular complexity index is 486. The Hall–Kier alpha value is -2.10. The number of hydrogen-bond donors (Lipinski definition) is 1. The van der Waals surface area contributed by atoms with Crippen LogP contribution in [-0.2, 0) is 0 Å². The van der Waals surface area contributed by atoms with Crippen LogP contribution in [0.4, 0.5) is 11.9 Å². The largest absolute Gasteiger partial charge is 0.508 e. The average molecular weight is 257 g/mol. The normalized spacial score (nSPS) is 23.8. The summed E-state index contributed by atoms with van der Waals surface area (Å²) < 4.78 is 0.863. The Morgan fingerprint density at radius 2 is 1.89 bits per heavy atom. The third kappa shape index (κ3) is 2.14. The first-order valence-electron chi connectivity index (χ1n) is 5.44. The van der Waals surface area contributed by atoms with Gasteiger partial charge in [-0.15, -0.1) is 0 Å². The van der Waals surface area contributed by atoms with Crippen molar-refractivity contribution >= 4 is 11.9 Å². The van der Waals surface area contributed by atoms with Crippen LogP contribution >= 0.6 is 0 Å². The van der Waals surface area contributed by atoms with Gasteiger partial charge in [0.15, 0.2) is 0 Å². The van der Waals surface area contributed by atoms with Gasteiger partial charge in [0.2, 0.25) is 0 Å². The predicted molar refractivity (Wildman–Crippen MR) is 56.8 cm³/mol. The maximum Gasteiger partial charge on any atom is 0.508 e. The van der Waals surface area contributed by atoms with Crippen molar-refractivity contribution in [1.29, 1.82) is 0 Å². The molecule has 1 heterocycles. The zero-order valence-corrected chi connectivity index (χ0v) is 9.30. The molecule has 1 N–H and O–H groups in total. The van der Waals surface area contributed by atoms with Crippen molar-refractivity contribution < 1.29 is 15.0 Å². The van der Waals surface area contributed by atoms with Crippen LogP contribution in [0.2, 0.25) is 0 Å². The van der Waals surface area contributed by atoms with E-state index in [-0.39, 0.29) is 0 Å². The quantitative estimate of drug-likeness (QED) is 0.616. The maximum atomic E-state index is 10.8. The van der Waals surface area contributed by atoms with Crippen LogP contribution in [-0.4, -0.2) is 35.8 Å². The smallest absolute Gasteiger partial charge is 0.390 e. The molecule has 1 aromatic heterocycles. The summed E-state index contributed by atoms with van der Waals surface area (Å²) in [5.74, 6) is -1.52. The summed E-state index contributed by atoms with van der Waals surface area (Å²) >= 11 is 0. The third-order valence-corrected chi connectivity index (χ3v) is 2.94. The zero-order chi connectivity index (χ0) is 13.3. The number of rotatable bonds is 3. The molecule has 0 aromatic carbocycles. The highest BCUT2D eigenvalue weighted by molar-refractivity contribution is 5.15. The second-order valence-electron chi connectivity index (χ2n) is 4.09. The number of nitrogens with zero attached hydrogens (tertiary/aromatic N) is 5. The van der Waals surface area contributed by atoms with Gasteiger partial charge in [0, 0.05) is 4.98 Å². The fourth-order valence-electron chi connectivity index (χ4n) is 2.11. The monoisotopic (exact) mass is 257 g/mol. The average Bonchev–Trinajstić information content (AvgIpc) is 2.74. The Kier molecular flexibility index (Phi) is 3.19. The Morgan fingerprint density at radius 3 is 2.44 bits per heavy atom. The molecule has 0 amide bonds. The van der Waals surface area contributed by atoms with Crippen molar-refractivity contribution in [1.82, 2.24) is 14.8 Å². The summed E-state index contributed by atoms with van der Waals surface area (Å²) in [5, 5.41) is 34.6. The van der Waals surface area contributed by atoms with Gasteiger partial charge in [-0.25, -0.2) is 0 Å². The molecular weight excluding hydrogens is 246 g/mol. The number of aliphatic hydroxyl groups is 1. The first-order chi connectivity index (χ1) is 8.50. The van der Waals surface area contributed by atoms with E-state index in [2.05, 4.69) is 10.1 Å². The van der Waals surface area contributed by atoms with Crippen molar-refractivity contribution in [2.75, 3.05) is 0 Å². The lowest BCUT2D eigenvalue weighted by molar-refractivity contribution is -0.404. The zero-order valence-electron chi connectivity index (χ0n) is 9.30. The molecular formula is C8H11N5O5. The van der Waals surface area contributed by atoms with E-state index < -0.39 is 33.9 Å². The highest BCUT2D eigenvalue weighted by Crippen LogP contribution is 2.31. The van der Waals surface area contributed by atoms with E-state index >= 15 is 0 Å². The van der Waals surface area contributed by atoms with E-state index in [4.69, 9.17) is 0 Å². The molecule has 0 spiro atoms. The van der Waals surface area contributed by atoms with Gasteiger partial charge in [-0.2, -0.15) is 0 Å². The summed E-state index contributed by atoms with van der Waals surface area (Å²) in [7, 11) is 0. The molecule has 0 saturated heterocycles. The SMILES string of the molecule is O=[N+]([O-])c1nc([N+](=O)[O-])n([C@H]2CCCC[C@@H]2O)n1. The molecule has 1 aliphatic carbocycles. The fourth-order valence-corrected chi connectivity index (χ4v) is 2.11. The summed E-state index contributed by atoms with van der Waals surface area (Å²) in [5.41, 5.74) is 0. The van der Waals surface area contributed by atoms with E-state index in [1.807, 2.05) is 0 Å². The van der Waals surface area contributed by atoms with E-state index in [9.17, 15) is 25.3 Å². The van der Waals surface area contributed by atoms with Crippen molar-refractivity contribution in [2.24, 2.45) is 0 Å². The highest BCUT2D eigenvalue weighted by Gasteiger charge is 2.38. The number of aromatic nitrogens is 3. The lowest BCUT2D eigenvalue weighted by Crippen LogP contribution is -2.29. The molecule has 0 radical (unpaired) electrons. The van der Waals surface area contributed by atoms with Crippen LogP contribution in [0.1, 0.15) is 31.7 Å². The fraction of sp³-hybridized carbons (Fsp3) is 0.750. The van der Waals surface area contributed by atoms with Crippen LogP contribution in [0.15, 0.2) is 0 Å². The van der Waals surface area contributed by atoms with Crippen molar-refractivity contribution in [3.63, 3.8) is 0 Å². The molecule has 1 aliphatic rings. The molecule has 18 heavy (non-hydrogen) atoms. The topological polar surface area (TPSA) is 137 Å². The summed E-state index contributed by atoms with van der Waals surface area (Å²) in [6, 6.07) is -0.625. The van der Waals surface area contributed by atoms with E-state index in [0.717, 1.165) is 17.5 Å². The minimum absolute atomic E-state index is 0.489. The second-order valence-corrected chi connectivity index (χ2v) is 4.09. The minimum atomic E-state index is -0.890. The maximum absolute atomic E-state index is 10.8. The van der Waals surface area contributed by atoms with Crippen LogP contribution in [0.3, 0.4) is 0 Å². The van der Waals surface area contributed by atoms with Crippen LogP contribution in [0.25, 0.3) is 0 Å². The van der Waals surface area contributed by atoms with E-state index in [1.165, 1.54) is 0 Å². The molecule has 1 saturated carbocycles. The third-order valence-electron chi connectivity index (χ3n) is 2.94. The molecule has 0 bridgehead atoms. The molecule has 10 nitrogen and oxygen atoms in total. The standard InChI is InChI=1S/C8H11N5O5/c14-6-4-2-1-3-5(6)11-8(13(17)18)9-7(10-11)12(15)16/h5-6,14H,1-4H2/t5-,6-/m0/s1. The van der Waals surface area contributed by atoms with Crippen molar-refractivity contribution in [2.45, 2.75) is 37.8 Å².